The highest BCUT2D eigenvalue weighted by Crippen LogP contribution is 2.38. The number of ether oxygens (including phenoxy) is 7. The molecule has 0 radical (unpaired) electrons. The number of hydrogen-bond donors (Lipinski definition) is 1. The number of carbonyl (C=O) groups is 6. The molecule has 1 heterocycles. The van der Waals surface area contributed by atoms with Gasteiger partial charge in [-0.2, -0.15) is 0 Å². The van der Waals surface area contributed by atoms with Gasteiger partial charge in [-0.05, 0) is 24.3 Å². The Bertz CT molecular complexity index is 1140. The Hall–Kier alpha value is -3.72. The van der Waals surface area contributed by atoms with Crippen LogP contribution in [0.5, 0.6) is 5.75 Å². The highest BCUT2D eigenvalue weighted by atomic mass is 79.9. The van der Waals surface area contributed by atoms with Gasteiger partial charge in [0.15, 0.2) is 12.2 Å². The zero-order valence-corrected chi connectivity index (χ0v) is 24.9. The Morgan fingerprint density at radius 1 is 0.951 bits per heavy atom. The van der Waals surface area contributed by atoms with Gasteiger partial charge in [0.2, 0.25) is 5.91 Å². The minimum absolute atomic E-state index is 0.136. The summed E-state index contributed by atoms with van der Waals surface area (Å²) >= 11 is 3.30. The van der Waals surface area contributed by atoms with E-state index in [1.54, 1.807) is 12.1 Å². The average molecular weight is 646 g/mol. The van der Waals surface area contributed by atoms with Crippen LogP contribution in [-0.2, 0) is 57.2 Å². The second-order valence-corrected chi connectivity index (χ2v) is 9.90. The highest BCUT2D eigenvalue weighted by molar-refractivity contribution is 9.10. The fourth-order valence-corrected chi connectivity index (χ4v) is 4.46. The lowest BCUT2D eigenvalue weighted by atomic mass is 9.88. The second kappa shape index (κ2) is 14.8. The van der Waals surface area contributed by atoms with Crippen molar-refractivity contribution in [2.24, 2.45) is 0 Å². The first-order chi connectivity index (χ1) is 19.2. The van der Waals surface area contributed by atoms with Crippen LogP contribution in [0.1, 0.15) is 41.0 Å². The number of methoxy groups -OCH3 is 1. The van der Waals surface area contributed by atoms with Crippen molar-refractivity contribution < 1.29 is 61.9 Å². The quantitative estimate of drug-likeness (QED) is 0.269. The maximum absolute atomic E-state index is 13.3. The standard InChI is InChI=1S/C26H32BrNO13/c1-13(29)28-22-20(37-15(3)31)11-26(25(34)35-6,40-19-9-7-18(27)8-10-19)41-24(22)23(39-17(5)33)21(38-16(4)32)12-36-14(2)30/h7-10,20-24H,11-12H2,1-6H3,(H,28,29)/t20-,21+,22+,23-,24+,26-/m0/s1. The molecule has 14 nitrogen and oxygen atoms in total. The number of esters is 5. The molecular weight excluding hydrogens is 614 g/mol. The Balaban J connectivity index is 2.77. The Morgan fingerprint density at radius 3 is 2.05 bits per heavy atom. The van der Waals surface area contributed by atoms with Crippen molar-refractivity contribution in [2.75, 3.05) is 13.7 Å². The summed E-state index contributed by atoms with van der Waals surface area (Å²) in [6.45, 7) is 4.90. The van der Waals surface area contributed by atoms with Gasteiger partial charge in [-0.15, -0.1) is 0 Å². The maximum Gasteiger partial charge on any atom is 0.379 e. The molecule has 0 saturated carbocycles. The summed E-state index contributed by atoms with van der Waals surface area (Å²) in [5.41, 5.74) is 0. The van der Waals surface area contributed by atoms with Gasteiger partial charge < -0.3 is 38.5 Å². The van der Waals surface area contributed by atoms with Gasteiger partial charge in [-0.3, -0.25) is 24.0 Å². The lowest BCUT2D eigenvalue weighted by molar-refractivity contribution is -0.289. The van der Waals surface area contributed by atoms with Crippen LogP contribution >= 0.6 is 15.9 Å². The van der Waals surface area contributed by atoms with Crippen molar-refractivity contribution >= 4 is 51.7 Å². The third kappa shape index (κ3) is 9.70. The first kappa shape index (κ1) is 33.5. The molecule has 1 aromatic carbocycles. The molecule has 0 aromatic heterocycles. The van der Waals surface area contributed by atoms with Crippen molar-refractivity contribution in [3.05, 3.63) is 28.7 Å². The molecule has 2 rings (SSSR count). The fraction of sp³-hybridized carbons (Fsp3) is 0.538. The summed E-state index contributed by atoms with van der Waals surface area (Å²) in [4.78, 5) is 73.6. The van der Waals surface area contributed by atoms with E-state index in [1.165, 1.54) is 19.1 Å². The van der Waals surface area contributed by atoms with Crippen molar-refractivity contribution in [1.82, 2.24) is 5.32 Å². The molecule has 1 fully saturated rings. The average Bonchev–Trinajstić information content (AvgIpc) is 2.86. The third-order valence-electron chi connectivity index (χ3n) is 5.59. The van der Waals surface area contributed by atoms with E-state index in [0.717, 1.165) is 34.8 Å². The highest BCUT2D eigenvalue weighted by Gasteiger charge is 2.60. The van der Waals surface area contributed by atoms with Crippen LogP contribution in [0.15, 0.2) is 28.7 Å². The minimum Gasteiger partial charge on any atom is -0.464 e. The summed E-state index contributed by atoms with van der Waals surface area (Å²) in [6, 6.07) is 4.99. The zero-order chi connectivity index (χ0) is 30.9. The van der Waals surface area contributed by atoms with Crippen LogP contribution in [0, 0.1) is 0 Å². The van der Waals surface area contributed by atoms with Crippen molar-refractivity contribution in [1.29, 1.82) is 0 Å². The number of amides is 1. The number of halogens is 1. The van der Waals surface area contributed by atoms with E-state index < -0.39 is 85.0 Å². The van der Waals surface area contributed by atoms with E-state index in [9.17, 15) is 28.8 Å². The second-order valence-electron chi connectivity index (χ2n) is 8.99. The Morgan fingerprint density at radius 2 is 1.56 bits per heavy atom. The van der Waals surface area contributed by atoms with Crippen molar-refractivity contribution in [2.45, 2.75) is 77.3 Å². The van der Waals surface area contributed by atoms with Crippen LogP contribution in [0.3, 0.4) is 0 Å². The molecule has 0 bridgehead atoms. The molecule has 1 N–H and O–H groups in total. The van der Waals surface area contributed by atoms with E-state index in [-0.39, 0.29) is 5.75 Å². The van der Waals surface area contributed by atoms with E-state index in [2.05, 4.69) is 21.2 Å². The normalized spacial score (nSPS) is 23.1. The molecule has 1 saturated heterocycles. The first-order valence-corrected chi connectivity index (χ1v) is 13.1. The third-order valence-corrected chi connectivity index (χ3v) is 6.12. The molecule has 1 aliphatic rings. The molecule has 41 heavy (non-hydrogen) atoms. The summed E-state index contributed by atoms with van der Waals surface area (Å²) in [5, 5.41) is 2.59. The van der Waals surface area contributed by atoms with Gasteiger partial charge in [0.05, 0.1) is 19.6 Å². The van der Waals surface area contributed by atoms with E-state index in [1.807, 2.05) is 0 Å². The lowest BCUT2D eigenvalue weighted by Gasteiger charge is -2.48. The molecule has 1 aliphatic heterocycles. The molecule has 0 unspecified atom stereocenters. The lowest BCUT2D eigenvalue weighted by Crippen LogP contribution is -2.70. The number of nitrogens with one attached hydrogen (secondary N) is 1. The van der Waals surface area contributed by atoms with Gasteiger partial charge in [0.25, 0.3) is 0 Å². The van der Waals surface area contributed by atoms with Crippen LogP contribution in [0.25, 0.3) is 0 Å². The van der Waals surface area contributed by atoms with Crippen LogP contribution in [0.4, 0.5) is 0 Å². The molecule has 1 amide bonds. The maximum atomic E-state index is 13.3. The predicted molar refractivity (Wildman–Crippen MR) is 140 cm³/mol. The SMILES string of the molecule is COC(=O)[C@]1(Oc2ccc(Br)cc2)C[C@H](OC(C)=O)[C@@H](NC(C)=O)[C@H]([C@@H](OC(C)=O)[C@@H](COC(C)=O)OC(C)=O)O1. The molecular formula is C26H32BrNO13. The van der Waals surface area contributed by atoms with Crippen molar-refractivity contribution in [3.8, 4) is 5.75 Å². The Kier molecular flexibility index (Phi) is 12.1. The number of carbonyl (C=O) groups excluding carboxylic acids is 6. The first-order valence-electron chi connectivity index (χ1n) is 12.3. The summed E-state index contributed by atoms with van der Waals surface area (Å²) < 4.78 is 39.2. The van der Waals surface area contributed by atoms with Crippen LogP contribution < -0.4 is 10.1 Å². The zero-order valence-electron chi connectivity index (χ0n) is 23.3. The van der Waals surface area contributed by atoms with Crippen LogP contribution in [0.2, 0.25) is 0 Å². The van der Waals surface area contributed by atoms with Crippen LogP contribution in [-0.4, -0.2) is 85.7 Å². The smallest absolute Gasteiger partial charge is 0.379 e. The number of benzene rings is 1. The van der Waals surface area contributed by atoms with Gasteiger partial charge in [0, 0.05) is 39.1 Å². The molecule has 0 spiro atoms. The summed E-state index contributed by atoms with van der Waals surface area (Å²) in [7, 11) is 1.07. The largest absolute Gasteiger partial charge is 0.464 e. The predicted octanol–water partition coefficient (Wildman–Crippen LogP) is 1.35. The molecule has 226 valence electrons. The monoisotopic (exact) mass is 645 g/mol. The van der Waals surface area contributed by atoms with E-state index >= 15 is 0 Å². The fourth-order valence-electron chi connectivity index (χ4n) is 4.20. The topological polar surface area (TPSA) is 179 Å². The van der Waals surface area contributed by atoms with E-state index in [0.29, 0.717) is 4.47 Å². The number of rotatable bonds is 11. The molecule has 1 aromatic rings. The molecule has 6 atom stereocenters. The number of hydrogen-bond acceptors (Lipinski definition) is 13. The van der Waals surface area contributed by atoms with Gasteiger partial charge in [-0.25, -0.2) is 4.79 Å². The Labute approximate surface area is 244 Å². The summed E-state index contributed by atoms with van der Waals surface area (Å²) in [5.74, 6) is -7.11. The van der Waals surface area contributed by atoms with Gasteiger partial charge in [0.1, 0.15) is 24.6 Å². The summed E-state index contributed by atoms with van der Waals surface area (Å²) in [6.07, 6.45) is -6.54. The van der Waals surface area contributed by atoms with Gasteiger partial charge >= 0.3 is 35.6 Å². The van der Waals surface area contributed by atoms with E-state index in [4.69, 9.17) is 33.2 Å². The minimum atomic E-state index is -2.33. The molecule has 15 heteroatoms. The van der Waals surface area contributed by atoms with Crippen molar-refractivity contribution in [3.63, 3.8) is 0 Å². The van der Waals surface area contributed by atoms with Gasteiger partial charge in [-0.1, -0.05) is 15.9 Å². The molecule has 0 aliphatic carbocycles.